The first-order chi connectivity index (χ1) is 9.63. The number of carbonyl (C=O) groups is 1. The van der Waals surface area contributed by atoms with Crippen LogP contribution in [0.5, 0.6) is 0 Å². The summed E-state index contributed by atoms with van der Waals surface area (Å²) < 4.78 is 4.58. The zero-order valence-corrected chi connectivity index (χ0v) is 12.4. The van der Waals surface area contributed by atoms with Crippen LogP contribution < -0.4 is 5.73 Å². The Kier molecular flexibility index (Phi) is 7.65. The van der Waals surface area contributed by atoms with Crippen LogP contribution >= 0.6 is 11.6 Å². The molecule has 1 aromatic heterocycles. The minimum atomic E-state index is -0.137. The average Bonchev–Trinajstić information content (AvgIpc) is 2.43. The summed E-state index contributed by atoms with van der Waals surface area (Å²) in [5, 5.41) is 0.297. The molecule has 0 saturated heterocycles. The lowest BCUT2D eigenvalue weighted by Crippen LogP contribution is -1.99. The van der Waals surface area contributed by atoms with E-state index in [9.17, 15) is 4.79 Å². The van der Waals surface area contributed by atoms with E-state index in [-0.39, 0.29) is 5.97 Å². The summed E-state index contributed by atoms with van der Waals surface area (Å²) in [5.74, 6) is 0.202. The van der Waals surface area contributed by atoms with Crippen molar-refractivity contribution in [1.82, 2.24) is 9.97 Å². The molecule has 0 spiro atoms. The Hall–Kier alpha value is -1.62. The molecule has 0 amide bonds. The van der Waals surface area contributed by atoms with Gasteiger partial charge in [-0.1, -0.05) is 30.5 Å². The van der Waals surface area contributed by atoms with E-state index in [0.717, 1.165) is 32.1 Å². The van der Waals surface area contributed by atoms with Gasteiger partial charge in [-0.3, -0.25) is 4.79 Å². The third-order valence-electron chi connectivity index (χ3n) is 2.80. The van der Waals surface area contributed by atoms with Gasteiger partial charge in [0, 0.05) is 6.42 Å². The van der Waals surface area contributed by atoms with Crippen LogP contribution in [0.25, 0.3) is 6.08 Å². The van der Waals surface area contributed by atoms with Crippen LogP contribution in [0.1, 0.15) is 44.2 Å². The fourth-order valence-electron chi connectivity index (χ4n) is 1.70. The summed E-state index contributed by atoms with van der Waals surface area (Å²) in [4.78, 5) is 18.9. The van der Waals surface area contributed by atoms with Gasteiger partial charge in [-0.15, -0.1) is 0 Å². The van der Waals surface area contributed by atoms with Gasteiger partial charge in [0.15, 0.2) is 5.82 Å². The van der Waals surface area contributed by atoms with Crippen LogP contribution in [-0.4, -0.2) is 23.0 Å². The van der Waals surface area contributed by atoms with Crippen molar-refractivity contribution in [3.63, 3.8) is 0 Å². The first kappa shape index (κ1) is 16.4. The van der Waals surface area contributed by atoms with Crippen molar-refractivity contribution < 1.29 is 9.53 Å². The maximum atomic E-state index is 10.9. The Labute approximate surface area is 124 Å². The van der Waals surface area contributed by atoms with E-state index >= 15 is 0 Å². The second-order valence-corrected chi connectivity index (χ2v) is 4.78. The summed E-state index contributed by atoms with van der Waals surface area (Å²) in [7, 11) is 1.42. The predicted octanol–water partition coefficient (Wildman–Crippen LogP) is 3.24. The number of aromatic nitrogens is 2. The Balaban J connectivity index is 2.14. The standard InChI is InChI=1S/C14H20ClN3O2/c1-20-13(19)9-7-5-3-2-4-6-8-11-14(16)18-12(15)10-17-11/h6,8,10H,2-5,7,9H2,1H3,(H2,16,18). The van der Waals surface area contributed by atoms with Gasteiger partial charge in [0.2, 0.25) is 0 Å². The first-order valence-electron chi connectivity index (χ1n) is 6.65. The topological polar surface area (TPSA) is 78.1 Å². The monoisotopic (exact) mass is 297 g/mol. The number of halogens is 1. The number of hydrogen-bond donors (Lipinski definition) is 1. The highest BCUT2D eigenvalue weighted by Gasteiger charge is 2.00. The Morgan fingerprint density at radius 3 is 2.85 bits per heavy atom. The van der Waals surface area contributed by atoms with Crippen LogP contribution in [0.2, 0.25) is 5.15 Å². The lowest BCUT2D eigenvalue weighted by atomic mass is 10.1. The molecule has 1 heterocycles. The number of hydrogen-bond acceptors (Lipinski definition) is 5. The minimum absolute atomic E-state index is 0.137. The molecular formula is C14H20ClN3O2. The number of methoxy groups -OCH3 is 1. The van der Waals surface area contributed by atoms with Gasteiger partial charge in [-0.25, -0.2) is 9.97 Å². The van der Waals surface area contributed by atoms with Gasteiger partial charge >= 0.3 is 5.97 Å². The first-order valence-corrected chi connectivity index (χ1v) is 7.02. The normalized spacial score (nSPS) is 10.9. The number of nitrogen functional groups attached to an aromatic ring is 1. The van der Waals surface area contributed by atoms with Crippen LogP contribution in [0, 0.1) is 0 Å². The molecule has 110 valence electrons. The highest BCUT2D eigenvalue weighted by Crippen LogP contribution is 2.12. The number of unbranched alkanes of at least 4 members (excludes halogenated alkanes) is 4. The SMILES string of the molecule is COC(=O)CCCCCCC=Cc1ncc(Cl)nc1N. The summed E-state index contributed by atoms with van der Waals surface area (Å²) in [6.07, 6.45) is 10.9. The molecule has 0 fully saturated rings. The Morgan fingerprint density at radius 2 is 2.15 bits per heavy atom. The summed E-state index contributed by atoms with van der Waals surface area (Å²) >= 11 is 5.67. The molecule has 0 aliphatic rings. The maximum absolute atomic E-state index is 10.9. The van der Waals surface area contributed by atoms with E-state index in [1.165, 1.54) is 13.3 Å². The fourth-order valence-corrected chi connectivity index (χ4v) is 1.84. The highest BCUT2D eigenvalue weighted by molar-refractivity contribution is 6.29. The molecule has 6 heteroatoms. The van der Waals surface area contributed by atoms with Gasteiger partial charge in [0.1, 0.15) is 10.8 Å². The number of esters is 1. The van der Waals surface area contributed by atoms with E-state index in [2.05, 4.69) is 14.7 Å². The third kappa shape index (κ3) is 6.52. The van der Waals surface area contributed by atoms with E-state index in [0.29, 0.717) is 23.1 Å². The molecular weight excluding hydrogens is 278 g/mol. The number of ether oxygens (including phenoxy) is 1. The molecule has 0 aliphatic heterocycles. The van der Waals surface area contributed by atoms with Crippen molar-refractivity contribution >= 4 is 29.5 Å². The summed E-state index contributed by atoms with van der Waals surface area (Å²) in [5.41, 5.74) is 6.33. The highest BCUT2D eigenvalue weighted by atomic mass is 35.5. The number of nitrogens with zero attached hydrogens (tertiary/aromatic N) is 2. The van der Waals surface area contributed by atoms with Crippen molar-refractivity contribution in [2.75, 3.05) is 12.8 Å². The smallest absolute Gasteiger partial charge is 0.305 e. The van der Waals surface area contributed by atoms with Crippen molar-refractivity contribution in [3.05, 3.63) is 23.1 Å². The molecule has 1 aromatic rings. The van der Waals surface area contributed by atoms with Gasteiger partial charge in [-0.05, 0) is 25.3 Å². The van der Waals surface area contributed by atoms with Crippen LogP contribution in [-0.2, 0) is 9.53 Å². The molecule has 0 bridgehead atoms. The molecule has 0 aromatic carbocycles. The number of nitrogens with two attached hydrogens (primary N) is 1. The average molecular weight is 298 g/mol. The minimum Gasteiger partial charge on any atom is -0.469 e. The van der Waals surface area contributed by atoms with Gasteiger partial charge in [0.25, 0.3) is 0 Å². The molecule has 1 rings (SSSR count). The second kappa shape index (κ2) is 9.31. The van der Waals surface area contributed by atoms with Gasteiger partial charge < -0.3 is 10.5 Å². The quantitative estimate of drug-likeness (QED) is 0.588. The largest absolute Gasteiger partial charge is 0.469 e. The Morgan fingerprint density at radius 1 is 1.40 bits per heavy atom. The molecule has 0 aliphatic carbocycles. The van der Waals surface area contributed by atoms with E-state index < -0.39 is 0 Å². The van der Waals surface area contributed by atoms with Gasteiger partial charge in [0.05, 0.1) is 13.3 Å². The predicted molar refractivity (Wildman–Crippen MR) is 80.2 cm³/mol. The number of rotatable bonds is 8. The van der Waals surface area contributed by atoms with Crippen molar-refractivity contribution in [2.45, 2.75) is 38.5 Å². The maximum Gasteiger partial charge on any atom is 0.305 e. The van der Waals surface area contributed by atoms with Crippen molar-refractivity contribution in [1.29, 1.82) is 0 Å². The fraction of sp³-hybridized carbons (Fsp3) is 0.500. The van der Waals surface area contributed by atoms with Gasteiger partial charge in [-0.2, -0.15) is 0 Å². The van der Waals surface area contributed by atoms with E-state index in [4.69, 9.17) is 17.3 Å². The van der Waals surface area contributed by atoms with Crippen molar-refractivity contribution in [2.24, 2.45) is 0 Å². The molecule has 0 saturated carbocycles. The molecule has 20 heavy (non-hydrogen) atoms. The lowest BCUT2D eigenvalue weighted by molar-refractivity contribution is -0.140. The molecule has 5 nitrogen and oxygen atoms in total. The van der Waals surface area contributed by atoms with Crippen LogP contribution in [0.3, 0.4) is 0 Å². The Bertz CT molecular complexity index is 464. The number of carbonyl (C=O) groups excluding carboxylic acids is 1. The number of anilines is 1. The molecule has 0 unspecified atom stereocenters. The second-order valence-electron chi connectivity index (χ2n) is 4.39. The molecule has 0 radical (unpaired) electrons. The molecule has 2 N–H and O–H groups in total. The zero-order valence-electron chi connectivity index (χ0n) is 11.6. The zero-order chi connectivity index (χ0) is 14.8. The number of allylic oxidation sites excluding steroid dienone is 1. The molecule has 0 atom stereocenters. The van der Waals surface area contributed by atoms with E-state index in [1.54, 1.807) is 0 Å². The summed E-state index contributed by atoms with van der Waals surface area (Å²) in [6, 6.07) is 0. The summed E-state index contributed by atoms with van der Waals surface area (Å²) in [6.45, 7) is 0. The lowest BCUT2D eigenvalue weighted by Gasteiger charge is -2.00. The third-order valence-corrected chi connectivity index (χ3v) is 2.99. The van der Waals surface area contributed by atoms with Crippen molar-refractivity contribution in [3.8, 4) is 0 Å². The van der Waals surface area contributed by atoms with E-state index in [1.807, 2.05) is 12.2 Å². The van der Waals surface area contributed by atoms with Crippen LogP contribution in [0.4, 0.5) is 5.82 Å². The van der Waals surface area contributed by atoms with Crippen LogP contribution in [0.15, 0.2) is 12.3 Å².